The summed E-state index contributed by atoms with van der Waals surface area (Å²) in [6, 6.07) is 9.59. The highest BCUT2D eigenvalue weighted by atomic mass is 35.5. The molecule has 2 rings (SSSR count). The van der Waals surface area contributed by atoms with Crippen LogP contribution in [-0.4, -0.2) is 25.1 Å². The van der Waals surface area contributed by atoms with Crippen LogP contribution in [0.1, 0.15) is 15.9 Å². The summed E-state index contributed by atoms with van der Waals surface area (Å²) in [5.41, 5.74) is 0.835. The average molecular weight is 319 g/mol. The largest absolute Gasteiger partial charge is 0.507 e. The van der Waals surface area contributed by atoms with Crippen molar-refractivity contribution < 1.29 is 19.4 Å². The Hall–Kier alpha value is -2.46. The summed E-state index contributed by atoms with van der Waals surface area (Å²) in [7, 11) is 3.11. The molecule has 0 heterocycles. The summed E-state index contributed by atoms with van der Waals surface area (Å²) in [6.07, 6.45) is 2.95. The molecule has 0 amide bonds. The van der Waals surface area contributed by atoms with Crippen molar-refractivity contribution in [3.8, 4) is 17.2 Å². The number of carbonyl (C=O) groups is 1. The lowest BCUT2D eigenvalue weighted by molar-refractivity contribution is 0.104. The van der Waals surface area contributed by atoms with Crippen LogP contribution in [0.15, 0.2) is 42.5 Å². The fourth-order valence-electron chi connectivity index (χ4n) is 1.93. The first-order chi connectivity index (χ1) is 10.5. The maximum Gasteiger partial charge on any atom is 0.189 e. The van der Waals surface area contributed by atoms with Crippen molar-refractivity contribution in [2.45, 2.75) is 0 Å². The van der Waals surface area contributed by atoms with Gasteiger partial charge in [-0.1, -0.05) is 11.6 Å². The van der Waals surface area contributed by atoms with Crippen molar-refractivity contribution in [2.24, 2.45) is 0 Å². The van der Waals surface area contributed by atoms with E-state index in [4.69, 9.17) is 21.1 Å². The van der Waals surface area contributed by atoms with Gasteiger partial charge in [0.2, 0.25) is 0 Å². The molecule has 2 aromatic rings. The maximum atomic E-state index is 12.2. The summed E-state index contributed by atoms with van der Waals surface area (Å²) < 4.78 is 10.4. The molecular weight excluding hydrogens is 304 g/mol. The first kappa shape index (κ1) is 15.9. The molecule has 0 fully saturated rings. The minimum Gasteiger partial charge on any atom is -0.507 e. The van der Waals surface area contributed by atoms with E-state index in [-0.39, 0.29) is 17.1 Å². The second-order valence-corrected chi connectivity index (χ2v) is 4.90. The number of hydrogen-bond donors (Lipinski definition) is 1. The van der Waals surface area contributed by atoms with E-state index >= 15 is 0 Å². The molecule has 0 radical (unpaired) electrons. The number of halogens is 1. The number of ether oxygens (including phenoxy) is 2. The normalized spacial score (nSPS) is 10.7. The lowest BCUT2D eigenvalue weighted by Crippen LogP contribution is -1.95. The lowest BCUT2D eigenvalue weighted by Gasteiger charge is -2.07. The Balaban J connectivity index is 2.31. The molecule has 0 unspecified atom stereocenters. The SMILES string of the molecule is COc1ccc(OC)c(/C=C/C(=O)c2cc(Cl)ccc2O)c1. The van der Waals surface area contributed by atoms with Crippen LogP contribution in [0, 0.1) is 0 Å². The minimum atomic E-state index is -0.357. The summed E-state index contributed by atoms with van der Waals surface area (Å²) in [6.45, 7) is 0. The number of benzene rings is 2. The zero-order chi connectivity index (χ0) is 16.1. The predicted octanol–water partition coefficient (Wildman–Crippen LogP) is 3.96. The van der Waals surface area contributed by atoms with Gasteiger partial charge in [-0.2, -0.15) is 0 Å². The predicted molar refractivity (Wildman–Crippen MR) is 86.0 cm³/mol. The minimum absolute atomic E-state index is 0.114. The van der Waals surface area contributed by atoms with Crippen molar-refractivity contribution in [1.82, 2.24) is 0 Å². The van der Waals surface area contributed by atoms with Gasteiger partial charge in [-0.3, -0.25) is 4.79 Å². The fraction of sp³-hybridized carbons (Fsp3) is 0.118. The Morgan fingerprint density at radius 1 is 1.14 bits per heavy atom. The Morgan fingerprint density at radius 2 is 1.91 bits per heavy atom. The van der Waals surface area contributed by atoms with Gasteiger partial charge in [-0.05, 0) is 48.6 Å². The number of allylic oxidation sites excluding steroid dienone is 1. The van der Waals surface area contributed by atoms with Crippen molar-refractivity contribution in [1.29, 1.82) is 0 Å². The molecule has 4 nitrogen and oxygen atoms in total. The molecule has 1 N–H and O–H groups in total. The molecule has 0 aliphatic heterocycles. The molecule has 5 heteroatoms. The number of hydrogen-bond acceptors (Lipinski definition) is 4. The van der Waals surface area contributed by atoms with Gasteiger partial charge in [-0.15, -0.1) is 0 Å². The zero-order valence-electron chi connectivity index (χ0n) is 12.2. The number of aromatic hydroxyl groups is 1. The third kappa shape index (κ3) is 3.59. The number of carbonyl (C=O) groups excluding carboxylic acids is 1. The Kier molecular flexibility index (Phi) is 5.07. The topological polar surface area (TPSA) is 55.8 Å². The molecule has 0 aliphatic rings. The number of rotatable bonds is 5. The first-order valence-corrected chi connectivity index (χ1v) is 6.86. The number of methoxy groups -OCH3 is 2. The molecule has 114 valence electrons. The lowest BCUT2D eigenvalue weighted by atomic mass is 10.1. The van der Waals surface area contributed by atoms with Crippen LogP contribution in [0.3, 0.4) is 0 Å². The standard InChI is InChI=1S/C17H15ClO4/c1-21-13-5-8-17(22-2)11(9-13)3-6-15(19)14-10-12(18)4-7-16(14)20/h3-10,20H,1-2H3/b6-3+. The zero-order valence-corrected chi connectivity index (χ0v) is 12.9. The molecule has 0 aliphatic carbocycles. The summed E-state index contributed by atoms with van der Waals surface area (Å²) in [5, 5.41) is 10.1. The number of phenolic OH excluding ortho intramolecular Hbond substituents is 1. The van der Waals surface area contributed by atoms with Gasteiger partial charge in [0.25, 0.3) is 0 Å². The van der Waals surface area contributed by atoms with Gasteiger partial charge in [0.05, 0.1) is 19.8 Å². The van der Waals surface area contributed by atoms with E-state index in [1.807, 2.05) is 0 Å². The Labute approximate surface area is 133 Å². The monoisotopic (exact) mass is 318 g/mol. The highest BCUT2D eigenvalue weighted by molar-refractivity contribution is 6.31. The second-order valence-electron chi connectivity index (χ2n) is 4.47. The van der Waals surface area contributed by atoms with Crippen molar-refractivity contribution in [2.75, 3.05) is 14.2 Å². The highest BCUT2D eigenvalue weighted by Gasteiger charge is 2.09. The van der Waals surface area contributed by atoms with Gasteiger partial charge >= 0.3 is 0 Å². The van der Waals surface area contributed by atoms with Crippen LogP contribution in [0.2, 0.25) is 5.02 Å². The Bertz CT molecular complexity index is 723. The summed E-state index contributed by atoms with van der Waals surface area (Å²) in [5.74, 6) is 0.792. The van der Waals surface area contributed by atoms with Crippen LogP contribution in [-0.2, 0) is 0 Å². The molecule has 0 spiro atoms. The van der Waals surface area contributed by atoms with Gasteiger partial charge in [-0.25, -0.2) is 0 Å². The average Bonchev–Trinajstić information content (AvgIpc) is 2.54. The molecule has 2 aromatic carbocycles. The first-order valence-electron chi connectivity index (χ1n) is 6.48. The number of phenols is 1. The van der Waals surface area contributed by atoms with Crippen LogP contribution < -0.4 is 9.47 Å². The van der Waals surface area contributed by atoms with Crippen LogP contribution in [0.5, 0.6) is 17.2 Å². The van der Waals surface area contributed by atoms with Gasteiger partial charge < -0.3 is 14.6 Å². The van der Waals surface area contributed by atoms with Crippen molar-refractivity contribution in [3.05, 3.63) is 58.6 Å². The van der Waals surface area contributed by atoms with Crippen LogP contribution in [0.4, 0.5) is 0 Å². The third-order valence-corrected chi connectivity index (χ3v) is 3.31. The van der Waals surface area contributed by atoms with Crippen molar-refractivity contribution in [3.63, 3.8) is 0 Å². The van der Waals surface area contributed by atoms with Crippen LogP contribution >= 0.6 is 11.6 Å². The molecule has 0 saturated heterocycles. The number of ketones is 1. The van der Waals surface area contributed by atoms with E-state index in [1.54, 1.807) is 38.5 Å². The second kappa shape index (κ2) is 7.00. The van der Waals surface area contributed by atoms with E-state index in [0.29, 0.717) is 22.1 Å². The van der Waals surface area contributed by atoms with E-state index in [9.17, 15) is 9.90 Å². The van der Waals surface area contributed by atoms with E-state index in [1.165, 1.54) is 24.3 Å². The van der Waals surface area contributed by atoms with E-state index in [2.05, 4.69) is 0 Å². The molecular formula is C17H15ClO4. The van der Waals surface area contributed by atoms with Crippen LogP contribution in [0.25, 0.3) is 6.08 Å². The molecule has 0 bridgehead atoms. The quantitative estimate of drug-likeness (QED) is 0.669. The molecule has 0 aromatic heterocycles. The maximum absolute atomic E-state index is 12.2. The smallest absolute Gasteiger partial charge is 0.189 e. The van der Waals surface area contributed by atoms with E-state index < -0.39 is 0 Å². The molecule has 22 heavy (non-hydrogen) atoms. The van der Waals surface area contributed by atoms with Crippen molar-refractivity contribution >= 4 is 23.5 Å². The van der Waals surface area contributed by atoms with Gasteiger partial charge in [0, 0.05) is 10.6 Å². The van der Waals surface area contributed by atoms with Gasteiger partial charge in [0.1, 0.15) is 17.2 Å². The molecule has 0 atom stereocenters. The summed E-state index contributed by atoms with van der Waals surface area (Å²) in [4.78, 5) is 12.2. The molecule has 0 saturated carbocycles. The Morgan fingerprint density at radius 3 is 2.59 bits per heavy atom. The van der Waals surface area contributed by atoms with Gasteiger partial charge in [0.15, 0.2) is 5.78 Å². The van der Waals surface area contributed by atoms with E-state index in [0.717, 1.165) is 0 Å². The third-order valence-electron chi connectivity index (χ3n) is 3.08. The highest BCUT2D eigenvalue weighted by Crippen LogP contribution is 2.26. The fourth-order valence-corrected chi connectivity index (χ4v) is 2.10. The summed E-state index contributed by atoms with van der Waals surface area (Å²) >= 11 is 5.84.